The molecule has 7 nitrogen and oxygen atoms in total. The highest BCUT2D eigenvalue weighted by Crippen LogP contribution is 2.35. The fourth-order valence-electron chi connectivity index (χ4n) is 5.02. The van der Waals surface area contributed by atoms with Crippen molar-refractivity contribution in [3.63, 3.8) is 0 Å². The molecule has 0 amide bonds. The number of nitrogens with zero attached hydrogens (tertiary/aromatic N) is 3. The number of halogens is 2. The van der Waals surface area contributed by atoms with Crippen LogP contribution in [0.4, 0.5) is 0 Å². The minimum absolute atomic E-state index is 0.215. The quantitative estimate of drug-likeness (QED) is 0.243. The van der Waals surface area contributed by atoms with E-state index < -0.39 is 12.0 Å². The standard InChI is InChI=1S/C30H27Br2N3O4S/c1-6-39-29(37)26-17(3)33-30-35(27(26)19-7-12-24(38-5)23(32)14-19)28(36)25(40-30)15-20-13-16(2)34(18(20)4)22-10-8-21(31)9-11-22/h7-15,27H,6H2,1-5H3/b25-15+/t27-/m1/s1. The lowest BCUT2D eigenvalue weighted by Crippen LogP contribution is -2.40. The molecule has 0 radical (unpaired) electrons. The molecule has 0 bridgehead atoms. The van der Waals surface area contributed by atoms with Gasteiger partial charge >= 0.3 is 5.97 Å². The smallest absolute Gasteiger partial charge is 0.338 e. The predicted octanol–water partition coefficient (Wildman–Crippen LogP) is 5.74. The Kier molecular flexibility index (Phi) is 8.03. The number of carbonyl (C=O) groups excluding carboxylic acids is 1. The van der Waals surface area contributed by atoms with E-state index in [4.69, 9.17) is 9.47 Å². The molecule has 3 heterocycles. The monoisotopic (exact) mass is 683 g/mol. The van der Waals surface area contributed by atoms with E-state index in [1.54, 1.807) is 25.5 Å². The van der Waals surface area contributed by atoms with E-state index in [0.29, 0.717) is 30.8 Å². The molecule has 2 aromatic carbocycles. The molecule has 2 aromatic heterocycles. The lowest BCUT2D eigenvalue weighted by atomic mass is 9.96. The summed E-state index contributed by atoms with van der Waals surface area (Å²) in [6, 6.07) is 15.0. The van der Waals surface area contributed by atoms with Crippen LogP contribution in [0, 0.1) is 13.8 Å². The second-order valence-corrected chi connectivity index (χ2v) is 12.1. The van der Waals surface area contributed by atoms with Gasteiger partial charge in [0.05, 0.1) is 40.0 Å². The van der Waals surface area contributed by atoms with Crippen LogP contribution in [0.2, 0.25) is 0 Å². The summed E-state index contributed by atoms with van der Waals surface area (Å²) in [6.45, 7) is 7.84. The molecule has 206 valence electrons. The van der Waals surface area contributed by atoms with E-state index >= 15 is 0 Å². The Bertz CT molecular complexity index is 1850. The number of ether oxygens (including phenoxy) is 2. The molecule has 0 aliphatic carbocycles. The number of aromatic nitrogens is 2. The van der Waals surface area contributed by atoms with E-state index in [9.17, 15) is 9.59 Å². The van der Waals surface area contributed by atoms with Crippen LogP contribution in [0.25, 0.3) is 11.8 Å². The van der Waals surface area contributed by atoms with Gasteiger partial charge in [-0.1, -0.05) is 33.3 Å². The van der Waals surface area contributed by atoms with Gasteiger partial charge in [0.15, 0.2) is 4.80 Å². The highest BCUT2D eigenvalue weighted by Gasteiger charge is 2.33. The van der Waals surface area contributed by atoms with Gasteiger partial charge in [-0.05, 0) is 103 Å². The summed E-state index contributed by atoms with van der Waals surface area (Å²) in [7, 11) is 1.59. The summed E-state index contributed by atoms with van der Waals surface area (Å²) in [6.07, 6.45) is 1.91. The molecule has 1 aliphatic heterocycles. The Balaban J connectivity index is 1.70. The first-order valence-corrected chi connectivity index (χ1v) is 15.0. The second kappa shape index (κ2) is 11.3. The minimum atomic E-state index is -0.699. The van der Waals surface area contributed by atoms with Crippen molar-refractivity contribution in [1.82, 2.24) is 9.13 Å². The van der Waals surface area contributed by atoms with E-state index in [-0.39, 0.29) is 12.2 Å². The van der Waals surface area contributed by atoms with Crippen LogP contribution in [0.3, 0.4) is 0 Å². The molecule has 1 aliphatic rings. The van der Waals surface area contributed by atoms with Crippen molar-refractivity contribution in [3.8, 4) is 11.4 Å². The maximum Gasteiger partial charge on any atom is 0.338 e. The van der Waals surface area contributed by atoms with Crippen LogP contribution < -0.4 is 19.6 Å². The molecule has 1 atom stereocenters. The van der Waals surface area contributed by atoms with Gasteiger partial charge in [-0.3, -0.25) is 9.36 Å². The number of esters is 1. The molecule has 0 fully saturated rings. The summed E-state index contributed by atoms with van der Waals surface area (Å²) in [5, 5.41) is 0. The van der Waals surface area contributed by atoms with Crippen molar-refractivity contribution in [3.05, 3.63) is 111 Å². The number of allylic oxidation sites excluding steroid dienone is 1. The number of hydrogen-bond donors (Lipinski definition) is 0. The van der Waals surface area contributed by atoms with E-state index in [1.165, 1.54) is 11.3 Å². The van der Waals surface area contributed by atoms with Gasteiger partial charge < -0.3 is 14.0 Å². The van der Waals surface area contributed by atoms with Crippen molar-refractivity contribution in [1.29, 1.82) is 0 Å². The van der Waals surface area contributed by atoms with Gasteiger partial charge in [-0.25, -0.2) is 9.79 Å². The normalized spacial score (nSPS) is 15.2. The molecule has 4 aromatic rings. The maximum absolute atomic E-state index is 14.0. The minimum Gasteiger partial charge on any atom is -0.496 e. The van der Waals surface area contributed by atoms with Crippen molar-refractivity contribution in [2.45, 2.75) is 33.7 Å². The Morgan fingerprint density at radius 1 is 1.10 bits per heavy atom. The summed E-state index contributed by atoms with van der Waals surface area (Å²) < 4.78 is 16.8. The molecular formula is C30H27Br2N3O4S. The lowest BCUT2D eigenvalue weighted by Gasteiger charge is -2.25. The van der Waals surface area contributed by atoms with Crippen molar-refractivity contribution in [2.24, 2.45) is 4.99 Å². The molecule has 10 heteroatoms. The number of fused-ring (bicyclic) bond motifs is 1. The number of hydrogen-bond acceptors (Lipinski definition) is 6. The lowest BCUT2D eigenvalue weighted by molar-refractivity contribution is -0.139. The van der Waals surface area contributed by atoms with Gasteiger partial charge in [-0.15, -0.1) is 0 Å². The highest BCUT2D eigenvalue weighted by atomic mass is 79.9. The summed E-state index contributed by atoms with van der Waals surface area (Å²) >= 11 is 8.36. The van der Waals surface area contributed by atoms with Gasteiger partial charge in [0.1, 0.15) is 5.75 Å². The average molecular weight is 685 g/mol. The zero-order valence-corrected chi connectivity index (χ0v) is 26.6. The van der Waals surface area contributed by atoms with Crippen molar-refractivity contribution >= 4 is 55.2 Å². The molecule has 0 N–H and O–H groups in total. The number of rotatable bonds is 6. The fraction of sp³-hybridized carbons (Fsp3) is 0.233. The predicted molar refractivity (Wildman–Crippen MR) is 164 cm³/mol. The second-order valence-electron chi connectivity index (χ2n) is 9.33. The molecule has 40 heavy (non-hydrogen) atoms. The Morgan fingerprint density at radius 2 is 1.82 bits per heavy atom. The number of aryl methyl sites for hydroxylation is 1. The first kappa shape index (κ1) is 28.3. The van der Waals surface area contributed by atoms with Crippen LogP contribution in [0.1, 0.15) is 42.4 Å². The Hall–Kier alpha value is -3.21. The van der Waals surface area contributed by atoms with E-state index in [1.807, 2.05) is 50.3 Å². The summed E-state index contributed by atoms with van der Waals surface area (Å²) in [5.41, 5.74) is 5.44. The molecule has 5 rings (SSSR count). The van der Waals surface area contributed by atoms with Crippen molar-refractivity contribution in [2.75, 3.05) is 13.7 Å². The number of carbonyl (C=O) groups is 1. The zero-order valence-electron chi connectivity index (χ0n) is 22.6. The van der Waals surface area contributed by atoms with E-state index in [0.717, 1.165) is 32.7 Å². The molecule has 0 unspecified atom stereocenters. The number of thiazole rings is 1. The highest BCUT2D eigenvalue weighted by molar-refractivity contribution is 9.10. The average Bonchev–Trinajstić information content (AvgIpc) is 3.37. The Morgan fingerprint density at radius 3 is 2.48 bits per heavy atom. The third-order valence-electron chi connectivity index (χ3n) is 6.85. The van der Waals surface area contributed by atoms with Crippen molar-refractivity contribution < 1.29 is 14.3 Å². The SMILES string of the molecule is CCOC(=O)C1=C(C)N=c2s/c(=C/c3cc(C)n(-c4ccc(Br)cc4)c3C)c(=O)n2[C@@H]1c1ccc(OC)c(Br)c1. The molecule has 0 saturated carbocycles. The first-order chi connectivity index (χ1) is 19.1. The molecule has 0 saturated heterocycles. The van der Waals surface area contributed by atoms with Crippen LogP contribution in [-0.4, -0.2) is 28.8 Å². The third kappa shape index (κ3) is 5.04. The van der Waals surface area contributed by atoms with Crippen LogP contribution in [0.15, 0.2) is 78.5 Å². The maximum atomic E-state index is 14.0. The van der Waals surface area contributed by atoms with Crippen LogP contribution >= 0.6 is 43.2 Å². The molecular weight excluding hydrogens is 658 g/mol. The van der Waals surface area contributed by atoms with Gasteiger partial charge in [-0.2, -0.15) is 0 Å². The fourth-order valence-corrected chi connectivity index (χ4v) is 6.88. The molecule has 0 spiro atoms. The first-order valence-electron chi connectivity index (χ1n) is 12.6. The Labute approximate surface area is 252 Å². The number of methoxy groups -OCH3 is 1. The summed E-state index contributed by atoms with van der Waals surface area (Å²) in [4.78, 5) is 32.4. The van der Waals surface area contributed by atoms with Gasteiger partial charge in [0.25, 0.3) is 5.56 Å². The topological polar surface area (TPSA) is 74.8 Å². The largest absolute Gasteiger partial charge is 0.496 e. The number of benzene rings is 2. The van der Waals surface area contributed by atoms with E-state index in [2.05, 4.69) is 59.6 Å². The summed E-state index contributed by atoms with van der Waals surface area (Å²) in [5.74, 6) is 0.156. The van der Waals surface area contributed by atoms with Gasteiger partial charge in [0, 0.05) is 21.5 Å². The van der Waals surface area contributed by atoms with Crippen LogP contribution in [-0.2, 0) is 9.53 Å². The van der Waals surface area contributed by atoms with Gasteiger partial charge in [0.2, 0.25) is 0 Å². The zero-order chi connectivity index (χ0) is 28.7. The van der Waals surface area contributed by atoms with Crippen LogP contribution in [0.5, 0.6) is 5.75 Å². The third-order valence-corrected chi connectivity index (χ3v) is 8.98.